The fourth-order valence-electron chi connectivity index (χ4n) is 8.33. The highest BCUT2D eigenvalue weighted by Crippen LogP contribution is 2.46. The summed E-state index contributed by atoms with van der Waals surface area (Å²) in [4.78, 5) is 0. The zero-order valence-electron chi connectivity index (χ0n) is 29.6. The van der Waals surface area contributed by atoms with E-state index in [0.29, 0.717) is 0 Å². The Labute approximate surface area is 310 Å². The van der Waals surface area contributed by atoms with Gasteiger partial charge in [-0.2, -0.15) is 0 Å². The molecule has 1 aliphatic rings. The maximum atomic E-state index is 2.49. The van der Waals surface area contributed by atoms with Gasteiger partial charge in [0.25, 0.3) is 0 Å². The molecule has 0 spiro atoms. The van der Waals surface area contributed by atoms with Crippen molar-refractivity contribution in [1.82, 2.24) is 0 Å². The maximum Gasteiger partial charge on any atom is 0.0367 e. The van der Waals surface area contributed by atoms with Crippen LogP contribution in [0.2, 0.25) is 0 Å². The summed E-state index contributed by atoms with van der Waals surface area (Å²) in [6.45, 7) is 4.86. The average molecular weight is 685 g/mol. The number of hydrogen-bond donors (Lipinski definition) is 0. The van der Waals surface area contributed by atoms with Crippen molar-refractivity contribution in [3.8, 4) is 33.4 Å². The smallest absolute Gasteiger partial charge is 0.0367 e. The molecule has 7 aromatic carbocycles. The summed E-state index contributed by atoms with van der Waals surface area (Å²) in [5.41, 5.74) is 13.0. The molecule has 1 aliphatic carbocycles. The Hall–Kier alpha value is -5.76. The molecule has 1 heteroatoms. The Morgan fingerprint density at radius 2 is 1.06 bits per heavy atom. The summed E-state index contributed by atoms with van der Waals surface area (Å²) in [6.07, 6.45) is 6.69. The van der Waals surface area contributed by atoms with Crippen molar-refractivity contribution in [2.75, 3.05) is 0 Å². The molecule has 0 fully saturated rings. The molecule has 250 valence electrons. The average Bonchev–Trinajstić information content (AvgIpc) is 3.57. The summed E-state index contributed by atoms with van der Waals surface area (Å²) in [6, 6.07) is 62.4. The van der Waals surface area contributed by atoms with Gasteiger partial charge in [-0.3, -0.25) is 0 Å². The van der Waals surface area contributed by atoms with Crippen LogP contribution in [0.15, 0.2) is 176 Å². The minimum atomic E-state index is -0.0561. The van der Waals surface area contributed by atoms with E-state index in [1.807, 2.05) is 11.3 Å². The van der Waals surface area contributed by atoms with Crippen LogP contribution in [0.3, 0.4) is 0 Å². The first-order valence-corrected chi connectivity index (χ1v) is 19.1. The predicted molar refractivity (Wildman–Crippen MR) is 227 cm³/mol. The van der Waals surface area contributed by atoms with Gasteiger partial charge in [-0.05, 0) is 103 Å². The molecule has 9 rings (SSSR count). The number of hydrogen-bond acceptors (Lipinski definition) is 1. The summed E-state index contributed by atoms with van der Waals surface area (Å²) < 4.78 is 2.68. The van der Waals surface area contributed by atoms with Gasteiger partial charge in [0.15, 0.2) is 0 Å². The van der Waals surface area contributed by atoms with Crippen LogP contribution < -0.4 is 0 Å². The van der Waals surface area contributed by atoms with Gasteiger partial charge >= 0.3 is 0 Å². The van der Waals surface area contributed by atoms with Crippen LogP contribution in [-0.4, -0.2) is 0 Å². The summed E-state index contributed by atoms with van der Waals surface area (Å²) in [5.74, 6) is 0. The Morgan fingerprint density at radius 3 is 1.83 bits per heavy atom. The highest BCUT2D eigenvalue weighted by Gasteiger charge is 2.28. The van der Waals surface area contributed by atoms with Crippen LogP contribution in [-0.2, 0) is 18.3 Å². The van der Waals surface area contributed by atoms with Crippen LogP contribution in [0, 0.1) is 0 Å². The lowest BCUT2D eigenvalue weighted by molar-refractivity contribution is 0.519. The van der Waals surface area contributed by atoms with Gasteiger partial charge in [0.05, 0.1) is 0 Å². The molecule has 0 aliphatic heterocycles. The van der Waals surface area contributed by atoms with Gasteiger partial charge in [-0.1, -0.05) is 178 Å². The van der Waals surface area contributed by atoms with E-state index < -0.39 is 0 Å². The minimum Gasteiger partial charge on any atom is -0.135 e. The third-order valence-corrected chi connectivity index (χ3v) is 11.9. The normalized spacial score (nSPS) is 14.1. The number of allylic oxidation sites excluding steroid dienone is 1. The Morgan fingerprint density at radius 1 is 0.481 bits per heavy atom. The zero-order chi connectivity index (χ0) is 35.1. The second kappa shape index (κ2) is 13.4. The first-order valence-electron chi connectivity index (χ1n) is 18.3. The molecule has 0 N–H and O–H groups in total. The van der Waals surface area contributed by atoms with E-state index in [2.05, 4.69) is 196 Å². The molecule has 0 unspecified atom stereocenters. The van der Waals surface area contributed by atoms with Crippen molar-refractivity contribution in [3.05, 3.63) is 198 Å². The fourth-order valence-corrected chi connectivity index (χ4v) is 9.49. The van der Waals surface area contributed by atoms with Crippen molar-refractivity contribution in [3.63, 3.8) is 0 Å². The van der Waals surface area contributed by atoms with E-state index >= 15 is 0 Å². The van der Waals surface area contributed by atoms with Crippen LogP contribution in [0.1, 0.15) is 36.1 Å². The Bertz CT molecular complexity index is 2710. The van der Waals surface area contributed by atoms with Crippen LogP contribution in [0.5, 0.6) is 0 Å². The maximum absolute atomic E-state index is 2.49. The van der Waals surface area contributed by atoms with Crippen molar-refractivity contribution < 1.29 is 0 Å². The lowest BCUT2D eigenvalue weighted by Gasteiger charge is -2.29. The topological polar surface area (TPSA) is 0 Å². The van der Waals surface area contributed by atoms with Crippen LogP contribution in [0.4, 0.5) is 0 Å². The first-order chi connectivity index (χ1) is 25.5. The number of thiophene rings is 1. The van der Waals surface area contributed by atoms with E-state index in [-0.39, 0.29) is 5.41 Å². The van der Waals surface area contributed by atoms with E-state index in [4.69, 9.17) is 0 Å². The van der Waals surface area contributed by atoms with E-state index in [9.17, 15) is 0 Å². The minimum absolute atomic E-state index is 0.0561. The number of benzene rings is 6. The molecule has 0 amide bonds. The molecule has 0 bridgehead atoms. The van der Waals surface area contributed by atoms with Crippen LogP contribution >= 0.6 is 11.3 Å². The van der Waals surface area contributed by atoms with Gasteiger partial charge in [-0.25, -0.2) is 0 Å². The van der Waals surface area contributed by atoms with Gasteiger partial charge in [0, 0.05) is 20.2 Å². The summed E-state index contributed by atoms with van der Waals surface area (Å²) >= 11 is 1.91. The lowest BCUT2D eigenvalue weighted by Crippen LogP contribution is -2.23. The largest absolute Gasteiger partial charge is 0.135 e. The summed E-state index contributed by atoms with van der Waals surface area (Å²) in [7, 11) is 0. The quantitative estimate of drug-likeness (QED) is 0.174. The summed E-state index contributed by atoms with van der Waals surface area (Å²) in [5, 5.41) is 5.19. The molecule has 8 aromatic rings. The predicted octanol–water partition coefficient (Wildman–Crippen LogP) is 14.4. The van der Waals surface area contributed by atoms with Crippen molar-refractivity contribution in [2.24, 2.45) is 0 Å². The molecule has 52 heavy (non-hydrogen) atoms. The first kappa shape index (κ1) is 32.2. The molecule has 0 saturated carbocycles. The molecule has 0 atom stereocenters. The fraction of sp³-hybridized carbons (Fsp3) is 0.0980. The lowest BCUT2D eigenvalue weighted by atomic mass is 9.74. The van der Waals surface area contributed by atoms with Gasteiger partial charge in [0.2, 0.25) is 0 Å². The van der Waals surface area contributed by atoms with E-state index in [1.165, 1.54) is 86.6 Å². The van der Waals surface area contributed by atoms with Gasteiger partial charge in [-0.15, -0.1) is 11.3 Å². The van der Waals surface area contributed by atoms with Crippen molar-refractivity contribution in [1.29, 1.82) is 0 Å². The molecular weight excluding hydrogens is 645 g/mol. The monoisotopic (exact) mass is 684 g/mol. The van der Waals surface area contributed by atoms with Gasteiger partial charge < -0.3 is 0 Å². The second-order valence-corrected chi connectivity index (χ2v) is 15.6. The molecule has 0 radical (unpaired) electrons. The highest BCUT2D eigenvalue weighted by atomic mass is 32.1. The number of fused-ring (bicyclic) bond motifs is 7. The van der Waals surface area contributed by atoms with Crippen molar-refractivity contribution >= 4 is 48.4 Å². The van der Waals surface area contributed by atoms with E-state index in [0.717, 1.165) is 12.8 Å². The van der Waals surface area contributed by atoms with Crippen molar-refractivity contribution in [2.45, 2.75) is 32.1 Å². The van der Waals surface area contributed by atoms with E-state index in [1.54, 1.807) is 0 Å². The molecule has 0 saturated heterocycles. The van der Waals surface area contributed by atoms with Gasteiger partial charge in [0.1, 0.15) is 0 Å². The Kier molecular flexibility index (Phi) is 8.30. The Balaban J connectivity index is 1.31. The second-order valence-electron chi connectivity index (χ2n) is 14.5. The number of rotatable bonds is 3. The molecule has 1 heterocycles. The zero-order valence-corrected chi connectivity index (χ0v) is 30.5. The molecular formula is C51H40S. The SMILES string of the molecule is CC1(C)Cc2c(-c3cccc(-c4ccccccc(-c5ccccc5)c5ccccc45)c3)cc3sc4ccccc4c3c2/C=C\Cc2ccccc21. The third-order valence-electron chi connectivity index (χ3n) is 10.7. The highest BCUT2D eigenvalue weighted by molar-refractivity contribution is 7.25. The molecule has 1 aromatic heterocycles. The standard InChI is InChI=1S/C51H40S/c1-51(2)34-46-43(29-17-21-36-20-10-14-30-47(36)51)50-44-28-13-15-31-48(44)52-49(50)33-45(46)38-23-16-22-37(32-38)40-25-9-4-3-8-24-39(35-18-6-5-7-19-35)41-26-11-12-27-42(40)41/h3-20,22-33H,21,34H2,1-2H3/b4-3?,8-3?,9-4?,24-8?,25-9?,29-17-,39-24?,40-25?,41-39?,42-40?. The van der Waals surface area contributed by atoms with Crippen LogP contribution in [0.25, 0.3) is 70.4 Å². The third kappa shape index (κ3) is 5.82. The molecule has 0 nitrogen and oxygen atoms in total.